The molecule has 0 atom stereocenters. The molecule has 1 aromatic carbocycles. The number of carbonyl (C=O) groups excluding carboxylic acids is 1. The lowest BCUT2D eigenvalue weighted by atomic mass is 10.1. The first-order valence-corrected chi connectivity index (χ1v) is 6.32. The first-order chi connectivity index (χ1) is 9.12. The van der Waals surface area contributed by atoms with Gasteiger partial charge in [-0.25, -0.2) is 0 Å². The van der Waals surface area contributed by atoms with E-state index in [9.17, 15) is 4.79 Å². The second-order valence-corrected chi connectivity index (χ2v) is 4.91. The Morgan fingerprint density at radius 1 is 1.37 bits per heavy atom. The van der Waals surface area contributed by atoms with Crippen molar-refractivity contribution in [2.75, 3.05) is 24.7 Å². The highest BCUT2D eigenvalue weighted by Crippen LogP contribution is 2.50. The molecule has 0 aromatic heterocycles. The third-order valence-corrected chi connectivity index (χ3v) is 3.94. The predicted octanol–water partition coefficient (Wildman–Crippen LogP) is 2.06. The van der Waals surface area contributed by atoms with E-state index < -0.39 is 11.7 Å². The molecule has 19 heavy (non-hydrogen) atoms. The van der Waals surface area contributed by atoms with Crippen LogP contribution in [0.15, 0.2) is 12.1 Å². The lowest BCUT2D eigenvalue weighted by Crippen LogP contribution is -2.41. The number of carbonyl (C=O) groups is 1. The van der Waals surface area contributed by atoms with Crippen LogP contribution in [0, 0.1) is 11.3 Å². The van der Waals surface area contributed by atoms with Crippen LogP contribution in [-0.2, 0) is 20.1 Å². The van der Waals surface area contributed by atoms with Crippen LogP contribution in [-0.4, -0.2) is 25.7 Å². The fourth-order valence-electron chi connectivity index (χ4n) is 2.38. The van der Waals surface area contributed by atoms with Gasteiger partial charge in [-0.3, -0.25) is 9.69 Å². The molecule has 1 fully saturated rings. The first kappa shape index (κ1) is 12.7. The second-order valence-electron chi connectivity index (χ2n) is 4.12. The zero-order valence-electron chi connectivity index (χ0n) is 9.65. The summed E-state index contributed by atoms with van der Waals surface area (Å²) in [7, 11) is 0. The van der Waals surface area contributed by atoms with E-state index in [0.717, 1.165) is 0 Å². The highest BCUT2D eigenvalue weighted by atomic mass is 35.5. The molecule has 0 saturated carbocycles. The average molecular weight is 299 g/mol. The van der Waals surface area contributed by atoms with E-state index in [2.05, 4.69) is 0 Å². The summed E-state index contributed by atoms with van der Waals surface area (Å²) in [4.78, 5) is 13.7. The van der Waals surface area contributed by atoms with Gasteiger partial charge in [-0.2, -0.15) is 5.26 Å². The van der Waals surface area contributed by atoms with Gasteiger partial charge in [0.25, 0.3) is 11.7 Å². The molecule has 2 aliphatic rings. The Hall–Kier alpha value is -1.32. The molecule has 0 unspecified atom stereocenters. The van der Waals surface area contributed by atoms with E-state index in [1.54, 1.807) is 12.1 Å². The first-order valence-electron chi connectivity index (χ1n) is 5.57. The van der Waals surface area contributed by atoms with Crippen molar-refractivity contribution in [3.8, 4) is 6.07 Å². The number of hydrogen-bond donors (Lipinski definition) is 0. The monoisotopic (exact) mass is 298 g/mol. The van der Waals surface area contributed by atoms with Gasteiger partial charge >= 0.3 is 0 Å². The van der Waals surface area contributed by atoms with Crippen LogP contribution in [0.3, 0.4) is 0 Å². The highest BCUT2D eigenvalue weighted by molar-refractivity contribution is 6.44. The molecule has 98 valence electrons. The highest BCUT2D eigenvalue weighted by Gasteiger charge is 2.56. The molecule has 1 aromatic rings. The predicted molar refractivity (Wildman–Crippen MR) is 68.0 cm³/mol. The zero-order chi connectivity index (χ0) is 13.6. The minimum atomic E-state index is -1.47. The Kier molecular flexibility index (Phi) is 2.91. The molecule has 1 saturated heterocycles. The fraction of sp³-hybridized carbons (Fsp3) is 0.333. The van der Waals surface area contributed by atoms with Crippen molar-refractivity contribution in [1.82, 2.24) is 0 Å². The normalized spacial score (nSPS) is 19.8. The van der Waals surface area contributed by atoms with Crippen LogP contribution < -0.4 is 4.90 Å². The molecule has 2 heterocycles. The third kappa shape index (κ3) is 1.58. The number of hydrogen-bond acceptors (Lipinski definition) is 4. The van der Waals surface area contributed by atoms with E-state index in [1.807, 2.05) is 6.07 Å². The summed E-state index contributed by atoms with van der Waals surface area (Å²) in [5.41, 5.74) is 0.891. The Balaban J connectivity index is 2.24. The van der Waals surface area contributed by atoms with Crippen LogP contribution in [0.2, 0.25) is 10.0 Å². The van der Waals surface area contributed by atoms with Gasteiger partial charge in [0.15, 0.2) is 0 Å². The van der Waals surface area contributed by atoms with E-state index in [-0.39, 0.29) is 11.6 Å². The molecule has 1 spiro atoms. The average Bonchev–Trinajstić information content (AvgIpc) is 2.96. The summed E-state index contributed by atoms with van der Waals surface area (Å²) in [5.74, 6) is -1.91. The molecule has 2 aliphatic heterocycles. The van der Waals surface area contributed by atoms with Gasteiger partial charge in [0.1, 0.15) is 6.54 Å². The third-order valence-electron chi connectivity index (χ3n) is 3.14. The SMILES string of the molecule is N#CCN1C(=O)C2(OCCO2)c2ccc(Cl)c(Cl)c21. The maximum Gasteiger partial charge on any atom is 0.293 e. The molecule has 7 heteroatoms. The number of nitrogens with zero attached hydrogens (tertiary/aromatic N) is 2. The Bertz CT molecular complexity index is 606. The maximum atomic E-state index is 12.5. The molecule has 0 radical (unpaired) electrons. The number of ether oxygens (including phenoxy) is 2. The summed E-state index contributed by atoms with van der Waals surface area (Å²) < 4.78 is 11.0. The van der Waals surface area contributed by atoms with E-state index in [0.29, 0.717) is 29.5 Å². The Labute approximate surface area is 119 Å². The number of fused-ring (bicyclic) bond motifs is 2. The summed E-state index contributed by atoms with van der Waals surface area (Å²) in [6, 6.07) is 5.15. The molecular formula is C12H8Cl2N2O3. The number of amides is 1. The van der Waals surface area contributed by atoms with Crippen molar-refractivity contribution < 1.29 is 14.3 Å². The lowest BCUT2D eigenvalue weighted by molar-refractivity contribution is -0.180. The lowest BCUT2D eigenvalue weighted by Gasteiger charge is -2.20. The van der Waals surface area contributed by atoms with Crippen molar-refractivity contribution in [2.45, 2.75) is 5.79 Å². The molecule has 1 amide bonds. The van der Waals surface area contributed by atoms with Gasteiger partial charge in [0, 0.05) is 5.56 Å². The van der Waals surface area contributed by atoms with Crippen molar-refractivity contribution in [2.24, 2.45) is 0 Å². The number of rotatable bonds is 1. The summed E-state index contributed by atoms with van der Waals surface area (Å²) >= 11 is 12.1. The van der Waals surface area contributed by atoms with Crippen molar-refractivity contribution in [1.29, 1.82) is 5.26 Å². The van der Waals surface area contributed by atoms with Crippen LogP contribution >= 0.6 is 23.2 Å². The quantitative estimate of drug-likeness (QED) is 0.745. The number of nitriles is 1. The summed E-state index contributed by atoms with van der Waals surface area (Å²) in [5, 5.41) is 9.39. The molecule has 0 bridgehead atoms. The van der Waals surface area contributed by atoms with Gasteiger partial charge in [-0.05, 0) is 12.1 Å². The van der Waals surface area contributed by atoms with Crippen LogP contribution in [0.4, 0.5) is 5.69 Å². The minimum absolute atomic E-state index is 0.139. The number of anilines is 1. The van der Waals surface area contributed by atoms with E-state index in [4.69, 9.17) is 37.9 Å². The molecule has 3 rings (SSSR count). The standard InChI is InChI=1S/C12H8Cl2N2O3/c13-8-2-1-7-10(9(8)14)16(4-3-15)11(17)12(7)18-5-6-19-12/h1-2H,4-6H2. The van der Waals surface area contributed by atoms with Gasteiger partial charge in [0.05, 0.1) is 35.0 Å². The maximum absolute atomic E-state index is 12.5. The molecule has 5 nitrogen and oxygen atoms in total. The molecule has 0 aliphatic carbocycles. The fourth-order valence-corrected chi connectivity index (χ4v) is 2.80. The Morgan fingerprint density at radius 2 is 2.05 bits per heavy atom. The summed E-state index contributed by atoms with van der Waals surface area (Å²) in [6.45, 7) is 0.484. The van der Waals surface area contributed by atoms with Gasteiger partial charge < -0.3 is 9.47 Å². The van der Waals surface area contributed by atoms with Crippen molar-refractivity contribution in [3.63, 3.8) is 0 Å². The molecular weight excluding hydrogens is 291 g/mol. The Morgan fingerprint density at radius 3 is 2.68 bits per heavy atom. The number of halogens is 2. The van der Waals surface area contributed by atoms with Crippen LogP contribution in [0.25, 0.3) is 0 Å². The van der Waals surface area contributed by atoms with Crippen LogP contribution in [0.5, 0.6) is 0 Å². The van der Waals surface area contributed by atoms with E-state index in [1.165, 1.54) is 4.90 Å². The largest absolute Gasteiger partial charge is 0.336 e. The van der Waals surface area contributed by atoms with Gasteiger partial charge in [-0.1, -0.05) is 23.2 Å². The zero-order valence-corrected chi connectivity index (χ0v) is 11.2. The second kappa shape index (κ2) is 4.36. The number of benzene rings is 1. The topological polar surface area (TPSA) is 62.6 Å². The van der Waals surface area contributed by atoms with Gasteiger partial charge in [-0.15, -0.1) is 0 Å². The minimum Gasteiger partial charge on any atom is -0.336 e. The van der Waals surface area contributed by atoms with Crippen LogP contribution in [0.1, 0.15) is 5.56 Å². The van der Waals surface area contributed by atoms with Crippen molar-refractivity contribution in [3.05, 3.63) is 27.7 Å². The van der Waals surface area contributed by atoms with Gasteiger partial charge in [0.2, 0.25) is 0 Å². The summed E-state index contributed by atoms with van der Waals surface area (Å²) in [6.07, 6.45) is 0. The van der Waals surface area contributed by atoms with E-state index >= 15 is 0 Å². The molecule has 0 N–H and O–H groups in total. The smallest absolute Gasteiger partial charge is 0.293 e. The van der Waals surface area contributed by atoms with Crippen molar-refractivity contribution >= 4 is 34.8 Å².